The summed E-state index contributed by atoms with van der Waals surface area (Å²) in [5.74, 6) is -1.44. The second-order valence-electron chi connectivity index (χ2n) is 3.75. The maximum Gasteiger partial charge on any atom is 0.352 e. The third-order valence-corrected chi connectivity index (χ3v) is 2.62. The Bertz CT molecular complexity index is 682. The topological polar surface area (TPSA) is 66.0 Å². The summed E-state index contributed by atoms with van der Waals surface area (Å²) in [6, 6.07) is 5.81. The molecule has 1 heterocycles. The Labute approximate surface area is 107 Å². The first-order valence-corrected chi connectivity index (χ1v) is 5.49. The van der Waals surface area contributed by atoms with Crippen molar-refractivity contribution in [1.82, 2.24) is 9.97 Å². The quantitative estimate of drug-likeness (QED) is 0.818. The fraction of sp³-hybridized carbons (Fsp3) is 0.0833. The number of nitrogens with one attached hydrogen (secondary N) is 1. The normalized spacial score (nSPS) is 10.3. The van der Waals surface area contributed by atoms with Gasteiger partial charge in [-0.25, -0.2) is 14.2 Å². The molecule has 0 spiro atoms. The van der Waals surface area contributed by atoms with Crippen LogP contribution in [0.25, 0.3) is 11.3 Å². The number of aromatic amines is 1. The number of aryl methyl sites for hydroxylation is 1. The molecular formula is C12H9FN2O2S. The molecular weight excluding hydrogens is 255 g/mol. The summed E-state index contributed by atoms with van der Waals surface area (Å²) in [4.78, 5) is 17.4. The Morgan fingerprint density at radius 2 is 2.17 bits per heavy atom. The van der Waals surface area contributed by atoms with Crippen LogP contribution < -0.4 is 0 Å². The van der Waals surface area contributed by atoms with Crippen LogP contribution in [0.5, 0.6) is 0 Å². The van der Waals surface area contributed by atoms with Gasteiger partial charge in [0, 0.05) is 5.56 Å². The minimum atomic E-state index is -1.12. The molecule has 0 aliphatic heterocycles. The molecule has 6 heteroatoms. The maximum absolute atomic E-state index is 13.2. The predicted molar refractivity (Wildman–Crippen MR) is 66.5 cm³/mol. The average molecular weight is 264 g/mol. The first-order valence-electron chi connectivity index (χ1n) is 5.08. The molecule has 0 radical (unpaired) electrons. The van der Waals surface area contributed by atoms with Crippen molar-refractivity contribution >= 4 is 18.2 Å². The Balaban J connectivity index is 2.60. The van der Waals surface area contributed by atoms with Crippen LogP contribution in [-0.4, -0.2) is 21.0 Å². The van der Waals surface area contributed by atoms with E-state index in [1.165, 1.54) is 18.2 Å². The molecule has 0 saturated carbocycles. The molecule has 4 nitrogen and oxygen atoms in total. The fourth-order valence-electron chi connectivity index (χ4n) is 1.52. The molecule has 2 rings (SSSR count). The summed E-state index contributed by atoms with van der Waals surface area (Å²) in [7, 11) is 0. The lowest BCUT2D eigenvalue weighted by atomic mass is 10.1. The van der Waals surface area contributed by atoms with Gasteiger partial charge in [-0.3, -0.25) is 0 Å². The monoisotopic (exact) mass is 264 g/mol. The number of carbonyl (C=O) groups is 1. The number of aromatic carboxylic acids is 1. The number of benzene rings is 1. The van der Waals surface area contributed by atoms with Gasteiger partial charge in [-0.2, -0.15) is 0 Å². The molecule has 2 aromatic rings. The van der Waals surface area contributed by atoms with Crippen molar-refractivity contribution in [3.05, 3.63) is 46.1 Å². The number of rotatable bonds is 2. The van der Waals surface area contributed by atoms with E-state index in [0.717, 1.165) is 0 Å². The number of H-pyrrole nitrogens is 1. The van der Waals surface area contributed by atoms with Gasteiger partial charge in [0.15, 0.2) is 4.77 Å². The Hall–Kier alpha value is -2.08. The minimum absolute atomic E-state index is 0.0491. The van der Waals surface area contributed by atoms with Crippen LogP contribution in [-0.2, 0) is 0 Å². The van der Waals surface area contributed by atoms with Crippen LogP contribution in [0.2, 0.25) is 0 Å². The standard InChI is InChI=1S/C12H9FN2O2S/c1-6-4-7(2-3-8(6)13)9-5-10(11(16)17)15-12(18)14-9/h2-5H,1H3,(H,16,17)(H,14,15,18). The summed E-state index contributed by atoms with van der Waals surface area (Å²) in [5, 5.41) is 8.91. The smallest absolute Gasteiger partial charge is 0.352 e. The second kappa shape index (κ2) is 4.66. The Kier molecular flexibility index (Phi) is 3.20. The largest absolute Gasteiger partial charge is 0.477 e. The summed E-state index contributed by atoms with van der Waals surface area (Å²) in [6.07, 6.45) is 0. The second-order valence-corrected chi connectivity index (χ2v) is 4.14. The van der Waals surface area contributed by atoms with Crippen molar-refractivity contribution < 1.29 is 14.3 Å². The number of halogens is 1. The van der Waals surface area contributed by atoms with Gasteiger partial charge < -0.3 is 10.1 Å². The molecule has 92 valence electrons. The molecule has 0 unspecified atom stereocenters. The lowest BCUT2D eigenvalue weighted by Gasteiger charge is -2.04. The molecule has 0 aliphatic carbocycles. The van der Waals surface area contributed by atoms with E-state index in [-0.39, 0.29) is 16.3 Å². The van der Waals surface area contributed by atoms with Crippen molar-refractivity contribution in [2.75, 3.05) is 0 Å². The maximum atomic E-state index is 13.2. The highest BCUT2D eigenvalue weighted by Crippen LogP contribution is 2.20. The van der Waals surface area contributed by atoms with E-state index in [2.05, 4.69) is 9.97 Å². The summed E-state index contributed by atoms with van der Waals surface area (Å²) in [6.45, 7) is 1.63. The first kappa shape index (κ1) is 12.4. The van der Waals surface area contributed by atoms with Crippen LogP contribution >= 0.6 is 12.2 Å². The van der Waals surface area contributed by atoms with E-state index in [1.807, 2.05) is 0 Å². The van der Waals surface area contributed by atoms with Crippen molar-refractivity contribution in [1.29, 1.82) is 0 Å². The van der Waals surface area contributed by atoms with Crippen molar-refractivity contribution in [2.45, 2.75) is 6.92 Å². The van der Waals surface area contributed by atoms with E-state index in [0.29, 0.717) is 16.8 Å². The summed E-state index contributed by atoms with van der Waals surface area (Å²) >= 11 is 4.86. The first-order chi connectivity index (χ1) is 8.47. The molecule has 0 saturated heterocycles. The highest BCUT2D eigenvalue weighted by atomic mass is 32.1. The molecule has 1 aromatic heterocycles. The van der Waals surface area contributed by atoms with Gasteiger partial charge in [0.25, 0.3) is 0 Å². The van der Waals surface area contributed by atoms with Gasteiger partial charge >= 0.3 is 5.97 Å². The van der Waals surface area contributed by atoms with Crippen molar-refractivity contribution in [2.24, 2.45) is 0 Å². The van der Waals surface area contributed by atoms with Crippen LogP contribution in [0.3, 0.4) is 0 Å². The SMILES string of the molecule is Cc1cc(-c2cc(C(=O)O)[nH]c(=S)n2)ccc1F. The highest BCUT2D eigenvalue weighted by molar-refractivity contribution is 7.71. The number of aromatic nitrogens is 2. The van der Waals surface area contributed by atoms with E-state index < -0.39 is 5.97 Å². The van der Waals surface area contributed by atoms with E-state index in [1.54, 1.807) is 13.0 Å². The predicted octanol–water partition coefficient (Wildman–Crippen LogP) is 2.95. The van der Waals surface area contributed by atoms with Gasteiger partial charge in [-0.15, -0.1) is 0 Å². The zero-order valence-electron chi connectivity index (χ0n) is 9.40. The Morgan fingerprint density at radius 3 is 2.78 bits per heavy atom. The van der Waals surface area contributed by atoms with Gasteiger partial charge in [-0.1, -0.05) is 0 Å². The third-order valence-electron chi connectivity index (χ3n) is 2.43. The van der Waals surface area contributed by atoms with Gasteiger partial charge in [0.05, 0.1) is 5.69 Å². The molecule has 0 aliphatic rings. The molecule has 0 fully saturated rings. The third kappa shape index (κ3) is 2.43. The van der Waals surface area contributed by atoms with Crippen molar-refractivity contribution in [3.8, 4) is 11.3 Å². The zero-order chi connectivity index (χ0) is 13.3. The van der Waals surface area contributed by atoms with Crippen molar-refractivity contribution in [3.63, 3.8) is 0 Å². The van der Waals surface area contributed by atoms with Crippen LogP contribution in [0.15, 0.2) is 24.3 Å². The lowest BCUT2D eigenvalue weighted by molar-refractivity contribution is 0.0690. The Morgan fingerprint density at radius 1 is 1.44 bits per heavy atom. The molecule has 0 atom stereocenters. The van der Waals surface area contributed by atoms with Crippen LogP contribution in [0.4, 0.5) is 4.39 Å². The number of carboxylic acids is 1. The molecule has 0 bridgehead atoms. The number of nitrogens with zero attached hydrogens (tertiary/aromatic N) is 1. The van der Waals surface area contributed by atoms with Gasteiger partial charge in [-0.05, 0) is 49.0 Å². The van der Waals surface area contributed by atoms with Gasteiger partial charge in [0.2, 0.25) is 0 Å². The van der Waals surface area contributed by atoms with E-state index in [9.17, 15) is 9.18 Å². The summed E-state index contributed by atoms with van der Waals surface area (Å²) in [5.41, 5.74) is 1.44. The van der Waals surface area contributed by atoms with Crippen LogP contribution in [0, 0.1) is 17.5 Å². The number of hydrogen-bond donors (Lipinski definition) is 2. The molecule has 2 N–H and O–H groups in total. The molecule has 0 amide bonds. The van der Waals surface area contributed by atoms with Gasteiger partial charge in [0.1, 0.15) is 11.5 Å². The van der Waals surface area contributed by atoms with E-state index >= 15 is 0 Å². The average Bonchev–Trinajstić information content (AvgIpc) is 2.31. The fourth-order valence-corrected chi connectivity index (χ4v) is 1.73. The summed E-state index contributed by atoms with van der Waals surface area (Å²) < 4.78 is 13.2. The van der Waals surface area contributed by atoms with Crippen LogP contribution in [0.1, 0.15) is 16.1 Å². The minimum Gasteiger partial charge on any atom is -0.477 e. The number of carboxylic acid groups (broad SMARTS) is 1. The molecule has 1 aromatic carbocycles. The van der Waals surface area contributed by atoms with E-state index in [4.69, 9.17) is 17.3 Å². The lowest BCUT2D eigenvalue weighted by Crippen LogP contribution is -2.02. The zero-order valence-corrected chi connectivity index (χ0v) is 10.2. The highest BCUT2D eigenvalue weighted by Gasteiger charge is 2.08. The molecule has 18 heavy (non-hydrogen) atoms. The number of hydrogen-bond acceptors (Lipinski definition) is 3.